The van der Waals surface area contributed by atoms with Crippen LogP contribution < -0.4 is 0 Å². The number of H-pyrrole nitrogens is 1. The molecule has 22 rings (SSSR count). The fourth-order valence-electron chi connectivity index (χ4n) is 14.5. The Labute approximate surface area is 622 Å². The van der Waals surface area contributed by atoms with Crippen molar-refractivity contribution >= 4 is 151 Å². The summed E-state index contributed by atoms with van der Waals surface area (Å²) < 4.78 is 102. The Morgan fingerprint density at radius 2 is 0.667 bits per heavy atom. The molecule has 3 radical (unpaired) electrons. The Kier molecular flexibility index (Phi) is 13.2. The molecule has 14 heteroatoms. The van der Waals surface area contributed by atoms with Gasteiger partial charge in [0.2, 0.25) is 11.2 Å². The molecule has 0 aliphatic heterocycles. The molecule has 0 aliphatic carbocycles. The van der Waals surface area contributed by atoms with E-state index < -0.39 is 60.4 Å². The van der Waals surface area contributed by atoms with E-state index in [0.29, 0.717) is 22.3 Å². The lowest BCUT2D eigenvalue weighted by Crippen LogP contribution is -2.07. The summed E-state index contributed by atoms with van der Waals surface area (Å²) in [6, 6.07) is 85.4. The van der Waals surface area contributed by atoms with Gasteiger partial charge in [-0.25, -0.2) is 9.97 Å². The van der Waals surface area contributed by atoms with Crippen molar-refractivity contribution in [1.29, 1.82) is 0 Å². The number of halogens is 1. The van der Waals surface area contributed by atoms with Crippen molar-refractivity contribution in [3.8, 4) is 62.9 Å². The van der Waals surface area contributed by atoms with E-state index in [1.165, 1.54) is 49.3 Å². The minimum absolute atomic E-state index is 0. The number of aromatic nitrogens is 10. The largest absolute Gasteiger partial charge is 0.456 e. The summed E-state index contributed by atoms with van der Waals surface area (Å²) in [5.41, 5.74) is 14.4. The van der Waals surface area contributed by atoms with Gasteiger partial charge in [0, 0.05) is 112 Å². The van der Waals surface area contributed by atoms with Crippen LogP contribution in [-0.2, 0) is 0 Å². The second-order valence-electron chi connectivity index (χ2n) is 24.8. The van der Waals surface area contributed by atoms with Crippen LogP contribution >= 0.6 is 11.6 Å². The lowest BCUT2D eigenvalue weighted by molar-refractivity contribution is 0.668. The summed E-state index contributed by atoms with van der Waals surface area (Å²) in [5, 5.41) is 12.9. The molecule has 12 nitrogen and oxygen atoms in total. The van der Waals surface area contributed by atoms with E-state index in [2.05, 4.69) is 163 Å². The fraction of sp³-hybridized carbons (Fsp3) is 0.0110. The zero-order valence-electron chi connectivity index (χ0n) is 64.7. The zero-order chi connectivity index (χ0) is 76.8. The number of fused-ring (bicyclic) bond motifs is 20. The minimum atomic E-state index is -0.493. The van der Waals surface area contributed by atoms with E-state index in [-0.39, 0.29) is 61.5 Å². The molecule has 0 saturated carbocycles. The maximum atomic E-state index is 8.92. The molecule has 0 aliphatic rings. The Morgan fingerprint density at radius 3 is 1.18 bits per heavy atom. The summed E-state index contributed by atoms with van der Waals surface area (Å²) in [6.07, 6.45) is 0. The quantitative estimate of drug-likeness (QED) is 0.156. The second kappa shape index (κ2) is 26.0. The van der Waals surface area contributed by atoms with Crippen LogP contribution in [0.2, 0.25) is 5.28 Å². The van der Waals surface area contributed by atoms with Gasteiger partial charge in [-0.2, -0.15) is 19.9 Å². The molecule has 22 aromatic rings. The van der Waals surface area contributed by atoms with Gasteiger partial charge in [-0.15, -0.1) is 0 Å². The van der Waals surface area contributed by atoms with E-state index in [1.807, 2.05) is 132 Å². The Morgan fingerprint density at radius 1 is 0.305 bits per heavy atom. The highest BCUT2D eigenvalue weighted by atomic mass is 35.5. The van der Waals surface area contributed by atoms with E-state index in [1.54, 1.807) is 6.07 Å². The average molecular weight is 1380 g/mol. The maximum absolute atomic E-state index is 8.92. The predicted octanol–water partition coefficient (Wildman–Crippen LogP) is 23.7. The topological polar surface area (TPSA) is 134 Å². The highest BCUT2D eigenvalue weighted by Crippen LogP contribution is 2.44. The SMILES string of the molecule is C.[2H]c1c([2H])c([2H])c(-c2nc(-c3ccc4c(c3)oc3ccccc34)nc(-n3c4ccccc4c4ccc5c6ccccc6n(-c6ccccc6)c5c43)n2)c([2H])c1[2H].[2H]c1c([2H])c([2H])c(-c2nc(Cl)nc(-c3ccc4c(c3)oc3ccccc34)n2)c([2H])c1[2H].[B].c1ccc(-n2c3ccccc3c3ccc4c5ccccc5[nH]c4c32)cc1. The monoisotopic (exact) mass is 1380 g/mol. The minimum Gasteiger partial charge on any atom is -0.456 e. The van der Waals surface area contributed by atoms with Crippen LogP contribution in [0.4, 0.5) is 0 Å². The number of para-hydroxylation sites is 8. The first-order valence-electron chi connectivity index (χ1n) is 38.3. The molecule has 105 heavy (non-hydrogen) atoms. The van der Waals surface area contributed by atoms with Gasteiger partial charge in [0.25, 0.3) is 0 Å². The number of nitrogens with zero attached hydrogens (tertiary/aromatic N) is 9. The lowest BCUT2D eigenvalue weighted by atomic mass is 10.1. The Balaban J connectivity index is 0.000000131. The van der Waals surface area contributed by atoms with Crippen LogP contribution in [0, 0.1) is 0 Å². The highest BCUT2D eigenvalue weighted by molar-refractivity contribution is 6.28. The molecule has 8 aromatic heterocycles. The fourth-order valence-corrected chi connectivity index (χ4v) is 14.7. The van der Waals surface area contributed by atoms with Crippen molar-refractivity contribution in [3.05, 3.63) is 333 Å². The average Bonchev–Trinajstić information content (AvgIpc) is 1.55. The highest BCUT2D eigenvalue weighted by Gasteiger charge is 2.25. The standard InChI is InChI=1S/C45H27N5O.C24H16N2.C21H12ClN3O.CH4.B/c1-3-13-28(14-4-1)43-46-44(29-23-24-34-33-19-9-12-22-39(33)51-40(34)27-29)48-45(47-43)50-38-21-11-8-18-32(38)36-26-25-35-31-17-7-10-20-37(31)49(41(35)42(36)50)30-15-5-2-6-16-30;1-2-8-16(9-3-1)26-22-13-7-5-11-18(22)20-15-14-19-17-10-4-6-12-21(17)25-23(19)24(20)26;22-21-24-19(13-6-2-1-3-7-13)23-20(25-21)14-10-11-16-15-8-4-5-9-17(15)26-18(16)12-14;;/h1-27H;1-15,25H;1-12H;1H4;/i1D,3D,4D,13D,14D;;1D,2D,3D,6D,7D;;. The molecule has 1 N–H and O–H groups in total. The molecule has 0 atom stereocenters. The van der Waals surface area contributed by atoms with Gasteiger partial charge in [-0.05, 0) is 96.5 Å². The molecule has 0 spiro atoms. The Hall–Kier alpha value is -13.7. The number of benzene rings is 14. The van der Waals surface area contributed by atoms with Crippen molar-refractivity contribution in [2.75, 3.05) is 0 Å². The van der Waals surface area contributed by atoms with E-state index in [0.717, 1.165) is 82.0 Å². The molecule has 0 fully saturated rings. The number of furan rings is 2. The molecule has 0 bridgehead atoms. The number of hydrogen-bond donors (Lipinski definition) is 1. The van der Waals surface area contributed by atoms with Gasteiger partial charge in [0.15, 0.2) is 23.3 Å². The summed E-state index contributed by atoms with van der Waals surface area (Å²) in [4.78, 5) is 31.2. The van der Waals surface area contributed by atoms with E-state index in [4.69, 9.17) is 49.1 Å². The first-order valence-corrected chi connectivity index (χ1v) is 33.7. The van der Waals surface area contributed by atoms with Crippen LogP contribution in [0.15, 0.2) is 336 Å². The molecule has 0 saturated heterocycles. The zero-order valence-corrected chi connectivity index (χ0v) is 55.5. The molecule has 495 valence electrons. The van der Waals surface area contributed by atoms with Gasteiger partial charge in [-0.3, -0.25) is 4.57 Å². The third kappa shape index (κ3) is 10.7. The molecule has 14 aromatic carbocycles. The maximum Gasteiger partial charge on any atom is 0.238 e. The predicted molar refractivity (Wildman–Crippen MR) is 432 cm³/mol. The molecule has 0 unspecified atom stereocenters. The third-order valence-electron chi connectivity index (χ3n) is 19.0. The van der Waals surface area contributed by atoms with Crippen molar-refractivity contribution < 1.29 is 22.5 Å². The van der Waals surface area contributed by atoms with Crippen LogP contribution in [0.5, 0.6) is 0 Å². The summed E-state index contributed by atoms with van der Waals surface area (Å²) in [7, 11) is 0. The normalized spacial score (nSPS) is 12.8. The smallest absolute Gasteiger partial charge is 0.238 e. The van der Waals surface area contributed by atoms with Crippen molar-refractivity contribution in [2.45, 2.75) is 7.43 Å². The number of rotatable bonds is 7. The summed E-state index contributed by atoms with van der Waals surface area (Å²) in [6.45, 7) is 0. The molecule has 0 amide bonds. The lowest BCUT2D eigenvalue weighted by Gasteiger charge is -2.13. The van der Waals surface area contributed by atoms with Crippen LogP contribution in [0.25, 0.3) is 194 Å². The van der Waals surface area contributed by atoms with E-state index >= 15 is 0 Å². The second-order valence-corrected chi connectivity index (χ2v) is 25.1. The summed E-state index contributed by atoms with van der Waals surface area (Å²) >= 11 is 6.11. The van der Waals surface area contributed by atoms with Crippen molar-refractivity contribution in [2.24, 2.45) is 0 Å². The number of nitrogens with one attached hydrogen (secondary N) is 1. The molecule has 8 heterocycles. The van der Waals surface area contributed by atoms with Gasteiger partial charge >= 0.3 is 0 Å². The van der Waals surface area contributed by atoms with Gasteiger partial charge in [-0.1, -0.05) is 250 Å². The Bertz CT molecular complexity index is 7700. The number of hydrogen-bond acceptors (Lipinski definition) is 8. The van der Waals surface area contributed by atoms with Crippen LogP contribution in [-0.4, -0.2) is 57.0 Å². The van der Waals surface area contributed by atoms with Gasteiger partial charge < -0.3 is 23.0 Å². The van der Waals surface area contributed by atoms with Gasteiger partial charge in [0.1, 0.15) is 22.3 Å². The first kappa shape index (κ1) is 53.2. The van der Waals surface area contributed by atoms with Crippen molar-refractivity contribution in [1.82, 2.24) is 48.6 Å². The van der Waals surface area contributed by atoms with Crippen molar-refractivity contribution in [3.63, 3.8) is 0 Å². The molecular weight excluding hydrogens is 1310 g/mol. The first-order chi connectivity index (χ1) is 55.1. The van der Waals surface area contributed by atoms with Gasteiger partial charge in [0.05, 0.1) is 52.3 Å². The molecular formula is C91H59BClN10O2. The van der Waals surface area contributed by atoms with Crippen LogP contribution in [0.1, 0.15) is 21.1 Å². The van der Waals surface area contributed by atoms with Crippen LogP contribution in [0.3, 0.4) is 0 Å². The third-order valence-corrected chi connectivity index (χ3v) is 19.1. The van der Waals surface area contributed by atoms with E-state index in [9.17, 15) is 0 Å². The summed E-state index contributed by atoms with van der Waals surface area (Å²) in [5.74, 6) is 0.528. The number of aromatic amines is 1.